The monoisotopic (exact) mass is 536 g/mol. The molecule has 0 aromatic rings. The van der Waals surface area contributed by atoms with Crippen molar-refractivity contribution in [3.05, 3.63) is 12.2 Å². The quantitative estimate of drug-likeness (QED) is 0.0570. The van der Waals surface area contributed by atoms with E-state index in [0.717, 1.165) is 0 Å². The number of aliphatic hydroxyl groups excluding tert-OH is 6. The fourth-order valence-electron chi connectivity index (χ4n) is 1.35. The Bertz CT molecular complexity index is 325. The van der Waals surface area contributed by atoms with E-state index in [9.17, 15) is 4.79 Å². The molecule has 0 radical (unpaired) electrons. The van der Waals surface area contributed by atoms with Crippen LogP contribution in [0.2, 0.25) is 0 Å². The zero-order chi connectivity index (χ0) is 28.1. The minimum atomic E-state index is -0.935. The summed E-state index contributed by atoms with van der Waals surface area (Å²) in [5.74, 6) is -0.935. The highest BCUT2D eigenvalue weighted by Gasteiger charge is 1.90. The minimum Gasteiger partial charge on any atom is -0.478 e. The van der Waals surface area contributed by atoms with Gasteiger partial charge in [0.05, 0.1) is 119 Å². The molecular formula is C22H48O14. The molecule has 0 aromatic carbocycles. The van der Waals surface area contributed by atoms with Gasteiger partial charge in [0.15, 0.2) is 0 Å². The number of rotatable bonds is 22. The third-order valence-corrected chi connectivity index (χ3v) is 2.89. The molecule has 14 heteroatoms. The topological polar surface area (TPSA) is 214 Å². The van der Waals surface area contributed by atoms with Crippen LogP contribution in [0.15, 0.2) is 12.2 Å². The molecule has 0 atom stereocenters. The molecule has 0 spiro atoms. The zero-order valence-electron chi connectivity index (χ0n) is 21.4. The third-order valence-electron chi connectivity index (χ3n) is 2.89. The predicted molar refractivity (Wildman–Crippen MR) is 130 cm³/mol. The molecule has 7 N–H and O–H groups in total. The Labute approximate surface area is 213 Å². The number of aliphatic carboxylic acids is 1. The van der Waals surface area contributed by atoms with Crippen molar-refractivity contribution in [2.24, 2.45) is 0 Å². The van der Waals surface area contributed by atoms with Gasteiger partial charge in [0, 0.05) is 5.57 Å². The first-order valence-corrected chi connectivity index (χ1v) is 11.4. The molecule has 0 rings (SSSR count). The van der Waals surface area contributed by atoms with Crippen molar-refractivity contribution in [2.75, 3.05) is 119 Å². The van der Waals surface area contributed by atoms with E-state index in [-0.39, 0.29) is 45.2 Å². The first-order chi connectivity index (χ1) is 17.4. The van der Waals surface area contributed by atoms with Gasteiger partial charge in [-0.25, -0.2) is 4.79 Å². The van der Waals surface area contributed by atoms with Crippen molar-refractivity contribution in [3.8, 4) is 0 Å². The number of carboxylic acid groups (broad SMARTS) is 1. The zero-order valence-corrected chi connectivity index (χ0v) is 21.4. The van der Waals surface area contributed by atoms with Gasteiger partial charge in [0.1, 0.15) is 0 Å². The summed E-state index contributed by atoms with van der Waals surface area (Å²) in [5.41, 5.74) is 0.176. The van der Waals surface area contributed by atoms with E-state index < -0.39 is 5.97 Å². The highest BCUT2D eigenvalue weighted by Crippen LogP contribution is 1.81. The maximum atomic E-state index is 9.60. The Balaban J connectivity index is -0.000000193. The molecule has 0 saturated carbocycles. The molecule has 0 amide bonds. The van der Waals surface area contributed by atoms with Crippen molar-refractivity contribution in [3.63, 3.8) is 0 Å². The molecule has 0 aliphatic rings. The number of aliphatic hydroxyl groups is 6. The first-order valence-electron chi connectivity index (χ1n) is 11.4. The molecule has 36 heavy (non-hydrogen) atoms. The maximum Gasteiger partial charge on any atom is 0.330 e. The lowest BCUT2D eigenvalue weighted by atomic mass is 10.4. The summed E-state index contributed by atoms with van der Waals surface area (Å²) in [4.78, 5) is 9.60. The van der Waals surface area contributed by atoms with Gasteiger partial charge >= 0.3 is 5.97 Å². The Morgan fingerprint density at radius 3 is 0.694 bits per heavy atom. The summed E-state index contributed by atoms with van der Waals surface area (Å²) in [6.07, 6.45) is 0. The standard InChI is InChI=1S/3C6H14O4.C4H6O2/c3*7-1-3-9-5-6-10-4-2-8;1-3(2)4(5)6/h3*7-8H,1-6H2;1H2,2H3,(H,5,6). The van der Waals surface area contributed by atoms with Crippen LogP contribution in [0.25, 0.3) is 0 Å². The predicted octanol–water partition coefficient (Wildman–Crippen LogP) is -2.34. The summed E-state index contributed by atoms with van der Waals surface area (Å²) in [6.45, 7) is 9.79. The molecule has 0 saturated heterocycles. The van der Waals surface area contributed by atoms with Gasteiger partial charge in [-0.3, -0.25) is 0 Å². The smallest absolute Gasteiger partial charge is 0.330 e. The van der Waals surface area contributed by atoms with Crippen LogP contribution in [0.3, 0.4) is 0 Å². The van der Waals surface area contributed by atoms with E-state index in [1.807, 2.05) is 0 Å². The average molecular weight is 537 g/mol. The van der Waals surface area contributed by atoms with Gasteiger partial charge in [-0.1, -0.05) is 6.58 Å². The van der Waals surface area contributed by atoms with Gasteiger partial charge in [-0.15, -0.1) is 0 Å². The van der Waals surface area contributed by atoms with Crippen molar-refractivity contribution in [2.45, 2.75) is 6.92 Å². The molecule has 14 nitrogen and oxygen atoms in total. The Morgan fingerprint density at radius 1 is 0.472 bits per heavy atom. The molecule has 0 aliphatic heterocycles. The first kappa shape index (κ1) is 41.8. The molecule has 0 aromatic heterocycles. The largest absolute Gasteiger partial charge is 0.478 e. The van der Waals surface area contributed by atoms with Crippen molar-refractivity contribution >= 4 is 5.97 Å². The van der Waals surface area contributed by atoms with Crippen LogP contribution in [-0.4, -0.2) is 161 Å². The van der Waals surface area contributed by atoms with Gasteiger partial charge in [0.25, 0.3) is 0 Å². The molecule has 0 unspecified atom stereocenters. The van der Waals surface area contributed by atoms with Crippen LogP contribution >= 0.6 is 0 Å². The van der Waals surface area contributed by atoms with Gasteiger partial charge < -0.3 is 64.2 Å². The highest BCUT2D eigenvalue weighted by molar-refractivity contribution is 5.84. The minimum absolute atomic E-state index is 0.0417. The van der Waals surface area contributed by atoms with Crippen LogP contribution in [0.4, 0.5) is 0 Å². The molecular weight excluding hydrogens is 488 g/mol. The van der Waals surface area contributed by atoms with E-state index in [2.05, 4.69) is 6.58 Å². The number of carbonyl (C=O) groups is 1. The molecule has 220 valence electrons. The fourth-order valence-corrected chi connectivity index (χ4v) is 1.35. The molecule has 0 heterocycles. The van der Waals surface area contributed by atoms with Crippen LogP contribution in [-0.2, 0) is 33.2 Å². The van der Waals surface area contributed by atoms with Crippen molar-refractivity contribution < 1.29 is 69.0 Å². The lowest BCUT2D eigenvalue weighted by molar-refractivity contribution is -0.132. The third kappa shape index (κ3) is 58.5. The number of hydrogen-bond donors (Lipinski definition) is 7. The molecule has 0 aliphatic carbocycles. The van der Waals surface area contributed by atoms with Crippen LogP contribution in [0.1, 0.15) is 6.92 Å². The molecule has 0 bridgehead atoms. The van der Waals surface area contributed by atoms with E-state index in [0.29, 0.717) is 79.3 Å². The van der Waals surface area contributed by atoms with Gasteiger partial charge in [0.2, 0.25) is 0 Å². The lowest BCUT2D eigenvalue weighted by Crippen LogP contribution is -2.09. The maximum absolute atomic E-state index is 9.60. The van der Waals surface area contributed by atoms with E-state index in [1.54, 1.807) is 0 Å². The fraction of sp³-hybridized carbons (Fsp3) is 0.864. The van der Waals surface area contributed by atoms with Crippen LogP contribution in [0.5, 0.6) is 0 Å². The summed E-state index contributed by atoms with van der Waals surface area (Å²) in [5, 5.41) is 57.5. The van der Waals surface area contributed by atoms with Crippen LogP contribution < -0.4 is 0 Å². The second kappa shape index (κ2) is 43.8. The van der Waals surface area contributed by atoms with Gasteiger partial charge in [-0.05, 0) is 6.92 Å². The lowest BCUT2D eigenvalue weighted by Gasteiger charge is -2.01. The SMILES string of the molecule is C=C(C)C(=O)O.OCCOCCOCCO.OCCOCCOCCO.OCCOCCOCCO. The second-order valence-electron chi connectivity index (χ2n) is 6.10. The Morgan fingerprint density at radius 2 is 0.611 bits per heavy atom. The second-order valence-corrected chi connectivity index (χ2v) is 6.10. The highest BCUT2D eigenvalue weighted by atomic mass is 16.5. The normalized spacial score (nSPS) is 9.75. The van der Waals surface area contributed by atoms with E-state index in [1.165, 1.54) is 6.92 Å². The summed E-state index contributed by atoms with van der Waals surface area (Å²) >= 11 is 0. The Hall–Kier alpha value is -1.27. The van der Waals surface area contributed by atoms with E-state index >= 15 is 0 Å². The molecule has 0 fully saturated rings. The van der Waals surface area contributed by atoms with Gasteiger partial charge in [-0.2, -0.15) is 0 Å². The summed E-state index contributed by atoms with van der Waals surface area (Å²) in [7, 11) is 0. The Kier molecular flexibility index (Phi) is 50.9. The van der Waals surface area contributed by atoms with Crippen molar-refractivity contribution in [1.29, 1.82) is 0 Å². The summed E-state index contributed by atoms with van der Waals surface area (Å²) < 4.78 is 29.2. The average Bonchev–Trinajstić information content (AvgIpc) is 2.87. The summed E-state index contributed by atoms with van der Waals surface area (Å²) in [6, 6.07) is 0. The van der Waals surface area contributed by atoms with Crippen LogP contribution in [0, 0.1) is 0 Å². The van der Waals surface area contributed by atoms with E-state index in [4.69, 9.17) is 64.2 Å². The number of ether oxygens (including phenoxy) is 6. The van der Waals surface area contributed by atoms with Crippen molar-refractivity contribution in [1.82, 2.24) is 0 Å². The number of hydrogen-bond acceptors (Lipinski definition) is 13. The number of carboxylic acids is 1.